The van der Waals surface area contributed by atoms with Crippen molar-refractivity contribution in [2.24, 2.45) is 11.8 Å². The van der Waals surface area contributed by atoms with E-state index in [4.69, 9.17) is 9.47 Å². The van der Waals surface area contributed by atoms with Crippen LogP contribution in [0.5, 0.6) is 5.75 Å². The van der Waals surface area contributed by atoms with Crippen molar-refractivity contribution in [1.82, 2.24) is 10.2 Å². The third kappa shape index (κ3) is 8.48. The summed E-state index contributed by atoms with van der Waals surface area (Å²) in [5.74, 6) is 0.529. The second kappa shape index (κ2) is 12.6. The molecule has 1 saturated carbocycles. The van der Waals surface area contributed by atoms with Crippen molar-refractivity contribution < 1.29 is 23.0 Å². The van der Waals surface area contributed by atoms with Crippen LogP contribution in [0.4, 0.5) is 8.78 Å². The van der Waals surface area contributed by atoms with E-state index < -0.39 is 12.5 Å². The fraction of sp³-hybridized carbons (Fsp3) is 0.625. The summed E-state index contributed by atoms with van der Waals surface area (Å²) in [5.41, 5.74) is 0.0649. The number of carbonyl (C=O) groups is 1. The summed E-state index contributed by atoms with van der Waals surface area (Å²) in [6.07, 6.45) is 7.36. The van der Waals surface area contributed by atoms with E-state index >= 15 is 0 Å². The van der Waals surface area contributed by atoms with E-state index in [-0.39, 0.29) is 11.3 Å². The molecule has 1 fully saturated rings. The van der Waals surface area contributed by atoms with Crippen LogP contribution in [0, 0.1) is 11.8 Å². The van der Waals surface area contributed by atoms with Crippen LogP contribution in [0.2, 0.25) is 0 Å². The second-order valence-electron chi connectivity index (χ2n) is 8.30. The summed E-state index contributed by atoms with van der Waals surface area (Å²) in [7, 11) is 1.90. The topological polar surface area (TPSA) is 50.8 Å². The molecule has 1 aromatic rings. The van der Waals surface area contributed by atoms with Crippen LogP contribution < -0.4 is 20.5 Å². The standard InChI is InChI=1S/C24H36F2N2O3/c1-5-7-18(6-2)14-28(4)15-21-17(3)8-11-20(22(21)31-24(25)26)23(29)27-12-13-30-16-19-9-10-19/h8,11,15,18-19,24H,3,5-7,9-10,12-14,16H2,1-2,4H3,(H,27,29)/b21-15+. The van der Waals surface area contributed by atoms with Crippen LogP contribution in [0.1, 0.15) is 56.3 Å². The van der Waals surface area contributed by atoms with Gasteiger partial charge in [0, 0.05) is 38.2 Å². The van der Waals surface area contributed by atoms with E-state index in [2.05, 4.69) is 25.7 Å². The van der Waals surface area contributed by atoms with Crippen LogP contribution >= 0.6 is 0 Å². The average molecular weight is 439 g/mol. The van der Waals surface area contributed by atoms with Crippen molar-refractivity contribution >= 4 is 18.7 Å². The molecule has 174 valence electrons. The highest BCUT2D eigenvalue weighted by atomic mass is 19.3. The monoisotopic (exact) mass is 438 g/mol. The molecule has 1 atom stereocenters. The van der Waals surface area contributed by atoms with Crippen molar-refractivity contribution in [2.75, 3.05) is 33.4 Å². The fourth-order valence-electron chi connectivity index (χ4n) is 3.56. The van der Waals surface area contributed by atoms with Crippen LogP contribution in [-0.4, -0.2) is 50.8 Å². The predicted molar refractivity (Wildman–Crippen MR) is 120 cm³/mol. The minimum atomic E-state index is -3.05. The summed E-state index contributed by atoms with van der Waals surface area (Å²) in [6.45, 7) is 7.38. The Kier molecular flexibility index (Phi) is 10.2. The zero-order valence-corrected chi connectivity index (χ0v) is 19.0. The molecular weight excluding hydrogens is 402 g/mol. The van der Waals surface area contributed by atoms with Gasteiger partial charge in [0.2, 0.25) is 0 Å². The minimum absolute atomic E-state index is 0.0649. The number of rotatable bonds is 14. The van der Waals surface area contributed by atoms with Gasteiger partial charge >= 0.3 is 6.61 Å². The number of nitrogens with one attached hydrogen (secondary N) is 1. The third-order valence-electron chi connectivity index (χ3n) is 5.49. The first-order valence-corrected chi connectivity index (χ1v) is 11.2. The van der Waals surface area contributed by atoms with Crippen LogP contribution in [0.25, 0.3) is 12.8 Å². The molecule has 0 aromatic heterocycles. The molecule has 0 radical (unpaired) electrons. The van der Waals surface area contributed by atoms with Gasteiger partial charge in [0.05, 0.1) is 12.2 Å². The molecule has 0 saturated heterocycles. The zero-order valence-electron chi connectivity index (χ0n) is 19.0. The van der Waals surface area contributed by atoms with E-state index in [0.29, 0.717) is 42.0 Å². The fourth-order valence-corrected chi connectivity index (χ4v) is 3.56. The SMILES string of the molecule is C=c1ccc(C(=O)NCCOCC2CC2)c(OC(F)F)/c1=C/N(C)CC(CC)CCC. The van der Waals surface area contributed by atoms with E-state index in [1.54, 1.807) is 12.3 Å². The highest BCUT2D eigenvalue weighted by molar-refractivity contribution is 5.97. The van der Waals surface area contributed by atoms with Gasteiger partial charge in [-0.3, -0.25) is 4.79 Å². The normalized spacial score (nSPS) is 15.2. The number of hydrogen-bond acceptors (Lipinski definition) is 4. The first kappa shape index (κ1) is 25.1. The lowest BCUT2D eigenvalue weighted by atomic mass is 10.0. The molecule has 7 heteroatoms. The van der Waals surface area contributed by atoms with Crippen LogP contribution in [-0.2, 0) is 4.74 Å². The van der Waals surface area contributed by atoms with Crippen LogP contribution in [0.15, 0.2) is 12.1 Å². The Bertz CT molecular complexity index is 812. The number of halogens is 2. The molecule has 1 aliphatic carbocycles. The quantitative estimate of drug-likeness (QED) is 0.453. The lowest BCUT2D eigenvalue weighted by molar-refractivity contribution is -0.0509. The summed E-state index contributed by atoms with van der Waals surface area (Å²) in [6, 6.07) is 3.13. The predicted octanol–water partition coefficient (Wildman–Crippen LogP) is 3.35. The second-order valence-corrected chi connectivity index (χ2v) is 8.30. The number of alkyl halides is 2. The van der Waals surface area contributed by atoms with E-state index in [0.717, 1.165) is 25.8 Å². The maximum absolute atomic E-state index is 13.2. The van der Waals surface area contributed by atoms with Crippen molar-refractivity contribution in [3.05, 3.63) is 28.1 Å². The van der Waals surface area contributed by atoms with Gasteiger partial charge in [-0.1, -0.05) is 39.3 Å². The molecule has 1 amide bonds. The number of carbonyl (C=O) groups excluding carboxylic acids is 1. The Hall–Kier alpha value is -2.15. The Labute approximate surface area is 184 Å². The summed E-state index contributed by atoms with van der Waals surface area (Å²) in [4.78, 5) is 14.6. The van der Waals surface area contributed by atoms with Crippen molar-refractivity contribution in [3.8, 4) is 5.75 Å². The van der Waals surface area contributed by atoms with Crippen molar-refractivity contribution in [3.63, 3.8) is 0 Å². The molecule has 1 aromatic carbocycles. The molecule has 0 bridgehead atoms. The molecule has 1 aliphatic rings. The van der Waals surface area contributed by atoms with Gasteiger partial charge in [0.1, 0.15) is 5.75 Å². The number of benzene rings is 1. The summed E-state index contributed by atoms with van der Waals surface area (Å²) >= 11 is 0. The van der Waals surface area contributed by atoms with Crippen molar-refractivity contribution in [2.45, 2.75) is 52.6 Å². The Morgan fingerprint density at radius 1 is 1.35 bits per heavy atom. The van der Waals surface area contributed by atoms with Crippen LogP contribution in [0.3, 0.4) is 0 Å². The third-order valence-corrected chi connectivity index (χ3v) is 5.49. The molecule has 1 unspecified atom stereocenters. The Balaban J connectivity index is 2.19. The van der Waals surface area contributed by atoms with Gasteiger partial charge in [-0.25, -0.2) is 0 Å². The smallest absolute Gasteiger partial charge is 0.387 e. The molecule has 0 aliphatic heterocycles. The molecule has 2 rings (SSSR count). The lowest BCUT2D eigenvalue weighted by Crippen LogP contribution is -2.35. The lowest BCUT2D eigenvalue weighted by Gasteiger charge is -2.22. The summed E-state index contributed by atoms with van der Waals surface area (Å²) in [5, 5.41) is 3.65. The number of ether oxygens (including phenoxy) is 2. The maximum Gasteiger partial charge on any atom is 0.387 e. The number of amides is 1. The van der Waals surface area contributed by atoms with E-state index in [1.165, 1.54) is 18.9 Å². The number of hydrogen-bond donors (Lipinski definition) is 1. The first-order valence-electron chi connectivity index (χ1n) is 11.2. The minimum Gasteiger partial charge on any atom is -0.433 e. The highest BCUT2D eigenvalue weighted by Gasteiger charge is 2.21. The zero-order chi connectivity index (χ0) is 22.8. The van der Waals surface area contributed by atoms with E-state index in [1.807, 2.05) is 11.9 Å². The molecular formula is C24H36F2N2O3. The average Bonchev–Trinajstić information content (AvgIpc) is 3.54. The van der Waals surface area contributed by atoms with Gasteiger partial charge in [0.15, 0.2) is 0 Å². The largest absolute Gasteiger partial charge is 0.433 e. The molecule has 0 heterocycles. The van der Waals surface area contributed by atoms with Gasteiger partial charge in [-0.2, -0.15) is 8.78 Å². The van der Waals surface area contributed by atoms with Gasteiger partial charge in [-0.15, -0.1) is 0 Å². The summed E-state index contributed by atoms with van der Waals surface area (Å²) < 4.78 is 36.7. The first-order chi connectivity index (χ1) is 14.8. The maximum atomic E-state index is 13.2. The van der Waals surface area contributed by atoms with E-state index in [9.17, 15) is 13.6 Å². The molecule has 31 heavy (non-hydrogen) atoms. The Morgan fingerprint density at radius 2 is 2.10 bits per heavy atom. The van der Waals surface area contributed by atoms with Gasteiger partial charge < -0.3 is 19.7 Å². The van der Waals surface area contributed by atoms with Gasteiger partial charge in [-0.05, 0) is 42.4 Å². The van der Waals surface area contributed by atoms with Crippen molar-refractivity contribution in [1.29, 1.82) is 0 Å². The van der Waals surface area contributed by atoms with Gasteiger partial charge in [0.25, 0.3) is 5.91 Å². The molecule has 5 nitrogen and oxygen atoms in total. The number of nitrogens with zero attached hydrogens (tertiary/aromatic N) is 1. The molecule has 1 N–H and O–H groups in total. The Morgan fingerprint density at radius 3 is 2.71 bits per heavy atom. The molecule has 0 spiro atoms. The highest BCUT2D eigenvalue weighted by Crippen LogP contribution is 2.28.